The van der Waals surface area contributed by atoms with Gasteiger partial charge in [-0.2, -0.15) is 5.10 Å². The van der Waals surface area contributed by atoms with Crippen LogP contribution in [0.15, 0.2) is 86.9 Å². The zero-order valence-corrected chi connectivity index (χ0v) is 22.9. The van der Waals surface area contributed by atoms with Crippen LogP contribution in [-0.2, 0) is 0 Å². The largest absolute Gasteiger partial charge is 0.573 e. The highest BCUT2D eigenvalue weighted by atomic mass is 32.2. The summed E-state index contributed by atoms with van der Waals surface area (Å²) < 4.78 is 40.6. The van der Waals surface area contributed by atoms with Crippen LogP contribution in [0.25, 0.3) is 0 Å². The van der Waals surface area contributed by atoms with Crippen molar-refractivity contribution in [3.63, 3.8) is 0 Å². The second-order valence-corrected chi connectivity index (χ2v) is 10.1. The van der Waals surface area contributed by atoms with Crippen LogP contribution >= 0.6 is 11.8 Å². The molecule has 208 valence electrons. The molecule has 0 bridgehead atoms. The van der Waals surface area contributed by atoms with E-state index in [1.807, 2.05) is 24.3 Å². The van der Waals surface area contributed by atoms with Gasteiger partial charge in [-0.1, -0.05) is 54.2 Å². The Labute approximate surface area is 235 Å². The van der Waals surface area contributed by atoms with Crippen LogP contribution in [0, 0.1) is 13.8 Å². The Morgan fingerprint density at radius 3 is 2.35 bits per heavy atom. The number of anilines is 1. The molecule has 1 aliphatic rings. The predicted octanol–water partition coefficient (Wildman–Crippen LogP) is 6.99. The number of halogens is 3. The van der Waals surface area contributed by atoms with Gasteiger partial charge in [-0.3, -0.25) is 0 Å². The Kier molecular flexibility index (Phi) is 9.60. The van der Waals surface area contributed by atoms with Crippen molar-refractivity contribution in [1.29, 1.82) is 0 Å². The summed E-state index contributed by atoms with van der Waals surface area (Å²) in [6.45, 7) is 5.15. The first-order valence-corrected chi connectivity index (χ1v) is 13.6. The van der Waals surface area contributed by atoms with Crippen molar-refractivity contribution in [3.05, 3.63) is 89.0 Å². The van der Waals surface area contributed by atoms with Crippen LogP contribution in [0.2, 0.25) is 0 Å². The van der Waals surface area contributed by atoms with Gasteiger partial charge in [0.05, 0.1) is 11.9 Å². The SMILES string of the molecule is Cc1cccc(C)c1N1CCCCS/C1=N\N=C\c1ccc(C(N)=NC=Nc2ccc(OC(F)(F)F)cc2)cc1. The van der Waals surface area contributed by atoms with Crippen molar-refractivity contribution >= 4 is 46.7 Å². The van der Waals surface area contributed by atoms with Gasteiger partial charge < -0.3 is 15.4 Å². The van der Waals surface area contributed by atoms with Gasteiger partial charge in [-0.05, 0) is 67.6 Å². The van der Waals surface area contributed by atoms with Crippen molar-refractivity contribution < 1.29 is 17.9 Å². The van der Waals surface area contributed by atoms with E-state index in [2.05, 4.69) is 61.9 Å². The molecule has 2 N–H and O–H groups in total. The van der Waals surface area contributed by atoms with Gasteiger partial charge in [0.15, 0.2) is 5.17 Å². The number of alkyl halides is 3. The number of ether oxygens (including phenoxy) is 1. The quantitative estimate of drug-likeness (QED) is 0.190. The first kappa shape index (κ1) is 28.9. The van der Waals surface area contributed by atoms with Crippen molar-refractivity contribution in [2.24, 2.45) is 25.9 Å². The first-order chi connectivity index (χ1) is 19.2. The molecule has 0 aliphatic carbocycles. The molecule has 0 radical (unpaired) electrons. The van der Waals surface area contributed by atoms with Crippen molar-refractivity contribution in [3.8, 4) is 5.75 Å². The van der Waals surface area contributed by atoms with E-state index < -0.39 is 6.36 Å². The molecule has 3 aromatic carbocycles. The molecule has 11 heteroatoms. The summed E-state index contributed by atoms with van der Waals surface area (Å²) in [6.07, 6.45) is 0.433. The van der Waals surface area contributed by atoms with Gasteiger partial charge in [-0.15, -0.1) is 18.3 Å². The molecule has 1 aliphatic heterocycles. The first-order valence-electron chi connectivity index (χ1n) is 12.6. The van der Waals surface area contributed by atoms with Gasteiger partial charge >= 0.3 is 6.36 Å². The van der Waals surface area contributed by atoms with E-state index in [9.17, 15) is 13.2 Å². The number of nitrogens with two attached hydrogens (primary N) is 1. The molecule has 3 aromatic rings. The molecule has 0 spiro atoms. The third-order valence-electron chi connectivity index (χ3n) is 5.98. The minimum Gasteiger partial charge on any atom is -0.406 e. The molecule has 0 atom stereocenters. The molecule has 0 amide bonds. The summed E-state index contributed by atoms with van der Waals surface area (Å²) in [6, 6.07) is 18.8. The highest BCUT2D eigenvalue weighted by Crippen LogP contribution is 2.30. The number of nitrogens with zero attached hydrogens (tertiary/aromatic N) is 5. The normalized spacial score (nSPS) is 16.2. The van der Waals surface area contributed by atoms with Crippen LogP contribution in [0.3, 0.4) is 0 Å². The molecule has 0 unspecified atom stereocenters. The minimum atomic E-state index is -4.74. The number of rotatable bonds is 7. The van der Waals surface area contributed by atoms with E-state index >= 15 is 0 Å². The molecule has 0 aromatic heterocycles. The number of hydrogen-bond acceptors (Lipinski definition) is 5. The highest BCUT2D eigenvalue weighted by Gasteiger charge is 2.31. The lowest BCUT2D eigenvalue weighted by Gasteiger charge is -2.26. The van der Waals surface area contributed by atoms with Crippen LogP contribution < -0.4 is 15.4 Å². The van der Waals surface area contributed by atoms with E-state index in [1.54, 1.807) is 18.0 Å². The zero-order chi connectivity index (χ0) is 28.5. The minimum absolute atomic E-state index is 0.239. The van der Waals surface area contributed by atoms with Gasteiger partial charge in [0.1, 0.15) is 17.9 Å². The molecule has 7 nitrogen and oxygen atoms in total. The van der Waals surface area contributed by atoms with E-state index in [0.29, 0.717) is 11.3 Å². The van der Waals surface area contributed by atoms with E-state index in [0.717, 1.165) is 35.9 Å². The number of thioether (sulfide) groups is 1. The van der Waals surface area contributed by atoms with Gasteiger partial charge in [0, 0.05) is 23.5 Å². The maximum Gasteiger partial charge on any atom is 0.573 e. The molecular formula is C29H29F3N6OS. The molecule has 0 saturated carbocycles. The summed E-state index contributed by atoms with van der Waals surface area (Å²) in [4.78, 5) is 10.5. The molecule has 1 saturated heterocycles. The smallest absolute Gasteiger partial charge is 0.406 e. The lowest BCUT2D eigenvalue weighted by Crippen LogP contribution is -2.29. The third-order valence-corrected chi connectivity index (χ3v) is 7.03. The molecule has 1 heterocycles. The van der Waals surface area contributed by atoms with Crippen LogP contribution in [0.4, 0.5) is 24.5 Å². The van der Waals surface area contributed by atoms with E-state index in [4.69, 9.17) is 5.73 Å². The zero-order valence-electron chi connectivity index (χ0n) is 22.1. The van der Waals surface area contributed by atoms with Crippen LogP contribution in [0.1, 0.15) is 35.1 Å². The summed E-state index contributed by atoms with van der Waals surface area (Å²) in [5.74, 6) is 0.921. The van der Waals surface area contributed by atoms with Gasteiger partial charge in [0.25, 0.3) is 0 Å². The summed E-state index contributed by atoms with van der Waals surface area (Å²) >= 11 is 1.72. The number of aliphatic imine (C=N–C) groups is 2. The monoisotopic (exact) mass is 566 g/mol. The Bertz CT molecular complexity index is 1400. The summed E-state index contributed by atoms with van der Waals surface area (Å²) in [5.41, 5.74) is 11.6. The third kappa shape index (κ3) is 8.19. The number of amidine groups is 2. The molecule has 4 rings (SSSR count). The van der Waals surface area contributed by atoms with Gasteiger partial charge in [0.2, 0.25) is 0 Å². The average Bonchev–Trinajstić information content (AvgIpc) is 3.14. The number of hydrogen-bond donors (Lipinski definition) is 1. The maximum absolute atomic E-state index is 12.3. The molecular weight excluding hydrogens is 537 g/mol. The van der Waals surface area contributed by atoms with Gasteiger partial charge in [-0.25, -0.2) is 9.98 Å². The van der Waals surface area contributed by atoms with E-state index in [-0.39, 0.29) is 11.6 Å². The maximum atomic E-state index is 12.3. The van der Waals surface area contributed by atoms with Crippen molar-refractivity contribution in [2.75, 3.05) is 17.2 Å². The number of benzene rings is 3. The van der Waals surface area contributed by atoms with Crippen LogP contribution in [0.5, 0.6) is 5.75 Å². The topological polar surface area (TPSA) is 87.9 Å². The van der Waals surface area contributed by atoms with Crippen molar-refractivity contribution in [1.82, 2.24) is 0 Å². The lowest BCUT2D eigenvalue weighted by molar-refractivity contribution is -0.274. The lowest BCUT2D eigenvalue weighted by atomic mass is 10.1. The number of aryl methyl sites for hydroxylation is 2. The fraction of sp³-hybridized carbons (Fsp3) is 0.241. The second-order valence-electron chi connectivity index (χ2n) is 9.00. The molecule has 40 heavy (non-hydrogen) atoms. The number of para-hydroxylation sites is 1. The Morgan fingerprint density at radius 1 is 0.975 bits per heavy atom. The van der Waals surface area contributed by atoms with Crippen LogP contribution in [-0.4, -0.2) is 42.2 Å². The second kappa shape index (κ2) is 13.3. The summed E-state index contributed by atoms with van der Waals surface area (Å²) in [5, 5.41) is 9.84. The molecule has 1 fully saturated rings. The standard InChI is InChI=1S/C29H29F3N6OS/c1-20-6-5-7-21(2)26(20)38-16-3-4-17-40-28(38)37-36-18-22-8-10-23(11-9-22)27(33)35-19-34-24-12-14-25(15-13-24)39-29(30,31)32/h5-15,18-19H,3-4,16-17H2,1-2H3,(H2,33,34,35)/b36-18+,37-28-. The Hall–Kier alpha value is -4.12. The van der Waals surface area contributed by atoms with E-state index in [1.165, 1.54) is 47.4 Å². The van der Waals surface area contributed by atoms with Crippen molar-refractivity contribution in [2.45, 2.75) is 33.1 Å². The Balaban J connectivity index is 1.40. The fourth-order valence-corrected chi connectivity index (χ4v) is 5.06. The summed E-state index contributed by atoms with van der Waals surface area (Å²) in [7, 11) is 0. The Morgan fingerprint density at radius 2 is 1.68 bits per heavy atom. The predicted molar refractivity (Wildman–Crippen MR) is 158 cm³/mol. The highest BCUT2D eigenvalue weighted by molar-refractivity contribution is 8.14. The fourth-order valence-electron chi connectivity index (χ4n) is 4.08. The average molecular weight is 567 g/mol.